The third-order valence-electron chi connectivity index (χ3n) is 3.91. The average molecular weight is 343 g/mol. The molecule has 0 bridgehead atoms. The number of nitrogens with zero attached hydrogens (tertiary/aromatic N) is 2. The molecule has 1 heterocycles. The molecule has 4 heteroatoms. The first-order chi connectivity index (χ1) is 11.0. The maximum absolute atomic E-state index is 5.98. The number of aromatic nitrogens is 1. The molecule has 0 N–H and O–H groups in total. The molecule has 2 aromatic carbocycles. The highest BCUT2D eigenvalue weighted by atomic mass is 35.5. The summed E-state index contributed by atoms with van der Waals surface area (Å²) < 4.78 is 2.13. The molecule has 23 heavy (non-hydrogen) atoms. The molecule has 1 aromatic heterocycles. The Labute approximate surface area is 145 Å². The van der Waals surface area contributed by atoms with Crippen molar-refractivity contribution in [3.8, 4) is 11.3 Å². The molecule has 0 aliphatic heterocycles. The van der Waals surface area contributed by atoms with E-state index in [1.165, 1.54) is 16.7 Å². The van der Waals surface area contributed by atoms with Crippen LogP contribution in [0.1, 0.15) is 16.7 Å². The lowest BCUT2D eigenvalue weighted by atomic mass is 10.1. The van der Waals surface area contributed by atoms with Crippen molar-refractivity contribution in [2.75, 3.05) is 0 Å². The second kappa shape index (κ2) is 6.34. The van der Waals surface area contributed by atoms with Crippen LogP contribution in [0.5, 0.6) is 0 Å². The minimum absolute atomic E-state index is 0.752. The highest BCUT2D eigenvalue weighted by molar-refractivity contribution is 7.07. The molecule has 0 saturated heterocycles. The van der Waals surface area contributed by atoms with Crippen LogP contribution >= 0.6 is 22.9 Å². The Kier molecular flexibility index (Phi) is 4.42. The summed E-state index contributed by atoms with van der Waals surface area (Å²) in [5.41, 5.74) is 7.06. The molecule has 0 spiro atoms. The third kappa shape index (κ3) is 3.26. The topological polar surface area (TPSA) is 17.3 Å². The van der Waals surface area contributed by atoms with E-state index in [1.807, 2.05) is 24.3 Å². The van der Waals surface area contributed by atoms with Gasteiger partial charge < -0.3 is 4.57 Å². The van der Waals surface area contributed by atoms with Gasteiger partial charge in [-0.25, -0.2) is 4.99 Å². The second-order valence-corrected chi connectivity index (χ2v) is 7.10. The van der Waals surface area contributed by atoms with Crippen molar-refractivity contribution in [3.05, 3.63) is 68.3 Å². The number of halogens is 1. The van der Waals surface area contributed by atoms with Crippen molar-refractivity contribution in [3.63, 3.8) is 0 Å². The Balaban J connectivity index is 2.11. The van der Waals surface area contributed by atoms with Gasteiger partial charge in [0.25, 0.3) is 0 Å². The maximum Gasteiger partial charge on any atom is 0.190 e. The van der Waals surface area contributed by atoms with Gasteiger partial charge in [0.15, 0.2) is 4.80 Å². The van der Waals surface area contributed by atoms with E-state index in [4.69, 9.17) is 16.6 Å². The number of thiazole rings is 1. The molecule has 0 amide bonds. The molecule has 0 unspecified atom stereocenters. The van der Waals surface area contributed by atoms with Gasteiger partial charge in [0.2, 0.25) is 0 Å². The molecule has 0 aliphatic carbocycles. The minimum atomic E-state index is 0.752. The SMILES string of the molecule is Cc1cc(C)c(N=c2scc(-c3ccc(Cl)cc3)n2C)c(C)c1. The van der Waals surface area contributed by atoms with Crippen LogP contribution in [0, 0.1) is 20.8 Å². The number of benzene rings is 2. The Hall–Kier alpha value is -1.84. The van der Waals surface area contributed by atoms with E-state index in [9.17, 15) is 0 Å². The Morgan fingerprint density at radius 1 is 1.00 bits per heavy atom. The zero-order valence-corrected chi connectivity index (χ0v) is 15.3. The van der Waals surface area contributed by atoms with Crippen LogP contribution in [0.15, 0.2) is 46.8 Å². The van der Waals surface area contributed by atoms with E-state index in [0.29, 0.717) is 0 Å². The van der Waals surface area contributed by atoms with Crippen molar-refractivity contribution in [2.45, 2.75) is 20.8 Å². The van der Waals surface area contributed by atoms with Gasteiger partial charge in [-0.2, -0.15) is 0 Å². The Morgan fingerprint density at radius 3 is 2.22 bits per heavy atom. The second-order valence-electron chi connectivity index (χ2n) is 5.83. The third-order valence-corrected chi connectivity index (χ3v) is 5.08. The average Bonchev–Trinajstić information content (AvgIpc) is 2.85. The van der Waals surface area contributed by atoms with Gasteiger partial charge >= 0.3 is 0 Å². The number of hydrogen-bond donors (Lipinski definition) is 0. The fourth-order valence-corrected chi connectivity index (χ4v) is 3.84. The molecule has 0 atom stereocenters. The van der Waals surface area contributed by atoms with Crippen molar-refractivity contribution in [1.29, 1.82) is 0 Å². The quantitative estimate of drug-likeness (QED) is 0.579. The van der Waals surface area contributed by atoms with Crippen molar-refractivity contribution >= 4 is 28.6 Å². The van der Waals surface area contributed by atoms with Gasteiger partial charge in [-0.05, 0) is 49.6 Å². The zero-order valence-electron chi connectivity index (χ0n) is 13.7. The molecule has 118 valence electrons. The summed E-state index contributed by atoms with van der Waals surface area (Å²) in [6.07, 6.45) is 0. The number of hydrogen-bond acceptors (Lipinski definition) is 2. The van der Waals surface area contributed by atoms with Crippen molar-refractivity contribution in [1.82, 2.24) is 4.57 Å². The van der Waals surface area contributed by atoms with Gasteiger partial charge in [0.1, 0.15) is 0 Å². The summed E-state index contributed by atoms with van der Waals surface area (Å²) in [5.74, 6) is 0. The lowest BCUT2D eigenvalue weighted by Crippen LogP contribution is -2.11. The highest BCUT2D eigenvalue weighted by Gasteiger charge is 2.07. The van der Waals surface area contributed by atoms with E-state index in [1.54, 1.807) is 11.3 Å². The van der Waals surface area contributed by atoms with E-state index in [-0.39, 0.29) is 0 Å². The lowest BCUT2D eigenvalue weighted by molar-refractivity contribution is 0.882. The summed E-state index contributed by atoms with van der Waals surface area (Å²) in [5, 5.41) is 2.89. The predicted molar refractivity (Wildman–Crippen MR) is 99.6 cm³/mol. The minimum Gasteiger partial charge on any atom is -0.320 e. The van der Waals surface area contributed by atoms with E-state index in [2.05, 4.69) is 49.9 Å². The van der Waals surface area contributed by atoms with E-state index >= 15 is 0 Å². The predicted octanol–water partition coefficient (Wildman–Crippen LogP) is 5.56. The first kappa shape index (κ1) is 16.0. The summed E-state index contributed by atoms with van der Waals surface area (Å²) in [7, 11) is 2.05. The van der Waals surface area contributed by atoms with E-state index < -0.39 is 0 Å². The molecular formula is C19H19ClN2S. The van der Waals surface area contributed by atoms with Crippen LogP contribution in [0.3, 0.4) is 0 Å². The van der Waals surface area contributed by atoms with Gasteiger partial charge in [0, 0.05) is 17.5 Å². The smallest absolute Gasteiger partial charge is 0.190 e. The first-order valence-corrected chi connectivity index (χ1v) is 8.74. The highest BCUT2D eigenvalue weighted by Crippen LogP contribution is 2.26. The summed E-state index contributed by atoms with van der Waals surface area (Å²) in [4.78, 5) is 5.89. The maximum atomic E-state index is 5.98. The van der Waals surface area contributed by atoms with Crippen LogP contribution in [-0.4, -0.2) is 4.57 Å². The first-order valence-electron chi connectivity index (χ1n) is 7.49. The van der Waals surface area contributed by atoms with Gasteiger partial charge in [-0.3, -0.25) is 0 Å². The van der Waals surface area contributed by atoms with Crippen LogP contribution in [0.25, 0.3) is 11.3 Å². The Morgan fingerprint density at radius 2 is 1.61 bits per heavy atom. The molecule has 3 rings (SSSR count). The molecular weight excluding hydrogens is 324 g/mol. The molecule has 0 aliphatic rings. The van der Waals surface area contributed by atoms with Gasteiger partial charge in [-0.15, -0.1) is 11.3 Å². The van der Waals surface area contributed by atoms with Crippen LogP contribution in [0.4, 0.5) is 5.69 Å². The molecule has 0 saturated carbocycles. The molecule has 0 fully saturated rings. The fraction of sp³-hybridized carbons (Fsp3) is 0.211. The molecule has 0 radical (unpaired) electrons. The summed E-state index contributed by atoms with van der Waals surface area (Å²) in [6, 6.07) is 12.3. The van der Waals surface area contributed by atoms with Crippen LogP contribution < -0.4 is 4.80 Å². The molecule has 3 aromatic rings. The van der Waals surface area contributed by atoms with Gasteiger partial charge in [0.05, 0.1) is 11.4 Å². The van der Waals surface area contributed by atoms with Crippen LogP contribution in [0.2, 0.25) is 5.02 Å². The van der Waals surface area contributed by atoms with E-state index in [0.717, 1.165) is 26.8 Å². The van der Waals surface area contributed by atoms with Crippen LogP contribution in [-0.2, 0) is 7.05 Å². The van der Waals surface area contributed by atoms with Gasteiger partial charge in [-0.1, -0.05) is 41.4 Å². The van der Waals surface area contributed by atoms with Crippen molar-refractivity contribution in [2.24, 2.45) is 12.0 Å². The molecule has 2 nitrogen and oxygen atoms in total. The summed E-state index contributed by atoms with van der Waals surface area (Å²) >= 11 is 7.63. The monoisotopic (exact) mass is 342 g/mol. The standard InChI is InChI=1S/C19H19ClN2S/c1-12-9-13(2)18(14(3)10-12)21-19-22(4)17(11-23-19)15-5-7-16(20)8-6-15/h5-11H,1-4H3. The largest absolute Gasteiger partial charge is 0.320 e. The summed E-state index contributed by atoms with van der Waals surface area (Å²) in [6.45, 7) is 6.35. The number of rotatable bonds is 2. The van der Waals surface area contributed by atoms with Crippen molar-refractivity contribution < 1.29 is 0 Å². The number of aryl methyl sites for hydroxylation is 3. The normalized spacial score (nSPS) is 12.0. The lowest BCUT2D eigenvalue weighted by Gasteiger charge is -2.07. The fourth-order valence-electron chi connectivity index (χ4n) is 2.80. The zero-order chi connectivity index (χ0) is 16.6. The Bertz CT molecular complexity index is 894.